The van der Waals surface area contributed by atoms with Crippen LogP contribution in [0.5, 0.6) is 0 Å². The van der Waals surface area contributed by atoms with Crippen LogP contribution in [0.15, 0.2) is 175 Å². The molecule has 3 heteroatoms. The minimum Gasteiger partial charge on any atom is -0.455 e. The molecule has 2 nitrogen and oxygen atoms in total. The number of hydrogen-bond acceptors (Lipinski definition) is 3. The molecule has 0 N–H and O–H groups in total. The number of nitrogens with zero attached hydrogens (tertiary/aromatic N) is 1. The second kappa shape index (κ2) is 12.4. The zero-order valence-electron chi connectivity index (χ0n) is 27.6. The second-order valence-electron chi connectivity index (χ2n) is 12.5. The molecule has 0 saturated heterocycles. The standard InChI is InChI=1S/C47H33NOS/c1-3-37(47-38(4-2)40-15-7-9-18-44(40)49-47)33-22-27-36(28-23-33)48(43-17-11-13-32-12-5-6-14-39(32)43)35-25-20-31(21-26-35)34-24-29-46-42(30-34)41-16-8-10-19-45(41)50-46/h3-30H,2H2,1H3/b37-3-. The first-order chi connectivity index (χ1) is 24.7. The van der Waals surface area contributed by atoms with Gasteiger partial charge in [0.2, 0.25) is 0 Å². The number of allylic oxidation sites excluding steroid dienone is 1. The molecule has 0 aliphatic carbocycles. The Bertz CT molecular complexity index is 2720. The normalized spacial score (nSPS) is 11.9. The monoisotopic (exact) mass is 659 g/mol. The largest absolute Gasteiger partial charge is 0.455 e. The lowest BCUT2D eigenvalue weighted by molar-refractivity contribution is 0.599. The van der Waals surface area contributed by atoms with Crippen LogP contribution < -0.4 is 4.90 Å². The highest BCUT2D eigenvalue weighted by molar-refractivity contribution is 7.25. The van der Waals surface area contributed by atoms with Gasteiger partial charge in [-0.3, -0.25) is 0 Å². The Labute approximate surface area is 295 Å². The summed E-state index contributed by atoms with van der Waals surface area (Å²) in [5.74, 6) is 0.839. The lowest BCUT2D eigenvalue weighted by Gasteiger charge is -2.27. The minimum absolute atomic E-state index is 0.839. The highest BCUT2D eigenvalue weighted by atomic mass is 32.1. The molecule has 9 aromatic rings. The van der Waals surface area contributed by atoms with Gasteiger partial charge in [0, 0.05) is 53.5 Å². The molecule has 0 bridgehead atoms. The van der Waals surface area contributed by atoms with E-state index >= 15 is 0 Å². The molecule has 2 heterocycles. The third kappa shape index (κ3) is 5.03. The number of hydrogen-bond donors (Lipinski definition) is 0. The van der Waals surface area contributed by atoms with Gasteiger partial charge in [-0.25, -0.2) is 0 Å². The van der Waals surface area contributed by atoms with Crippen LogP contribution in [-0.2, 0) is 0 Å². The summed E-state index contributed by atoms with van der Waals surface area (Å²) in [6.07, 6.45) is 4.02. The number of para-hydroxylation sites is 1. The number of anilines is 3. The van der Waals surface area contributed by atoms with E-state index < -0.39 is 0 Å². The Morgan fingerprint density at radius 1 is 0.600 bits per heavy atom. The van der Waals surface area contributed by atoms with Crippen LogP contribution in [0.4, 0.5) is 17.1 Å². The van der Waals surface area contributed by atoms with Gasteiger partial charge in [0.15, 0.2) is 0 Å². The molecular weight excluding hydrogens is 627 g/mol. The van der Waals surface area contributed by atoms with Crippen molar-refractivity contribution in [1.29, 1.82) is 0 Å². The zero-order chi connectivity index (χ0) is 33.6. The van der Waals surface area contributed by atoms with Gasteiger partial charge in [0.1, 0.15) is 11.3 Å². The number of fused-ring (bicyclic) bond motifs is 5. The average molecular weight is 660 g/mol. The fourth-order valence-corrected chi connectivity index (χ4v) is 8.31. The number of furan rings is 1. The van der Waals surface area contributed by atoms with Crippen molar-refractivity contribution in [1.82, 2.24) is 0 Å². The van der Waals surface area contributed by atoms with E-state index in [0.717, 1.165) is 50.5 Å². The van der Waals surface area contributed by atoms with Crippen LogP contribution >= 0.6 is 11.3 Å². The summed E-state index contributed by atoms with van der Waals surface area (Å²) in [5.41, 5.74) is 9.72. The predicted molar refractivity (Wildman–Crippen MR) is 216 cm³/mol. The minimum atomic E-state index is 0.839. The van der Waals surface area contributed by atoms with E-state index in [1.54, 1.807) is 0 Å². The van der Waals surface area contributed by atoms with Crippen molar-refractivity contribution in [3.05, 3.63) is 187 Å². The van der Waals surface area contributed by atoms with E-state index in [4.69, 9.17) is 4.42 Å². The van der Waals surface area contributed by atoms with Crippen molar-refractivity contribution in [3.63, 3.8) is 0 Å². The topological polar surface area (TPSA) is 16.4 Å². The van der Waals surface area contributed by atoms with Crippen molar-refractivity contribution in [2.45, 2.75) is 6.92 Å². The first-order valence-corrected chi connectivity index (χ1v) is 17.7. The molecule has 9 rings (SSSR count). The molecule has 50 heavy (non-hydrogen) atoms. The van der Waals surface area contributed by atoms with Crippen LogP contribution in [0.3, 0.4) is 0 Å². The first kappa shape index (κ1) is 29.9. The van der Waals surface area contributed by atoms with Crippen LogP contribution in [0.1, 0.15) is 23.8 Å². The molecular formula is C47H33NOS. The van der Waals surface area contributed by atoms with E-state index in [9.17, 15) is 0 Å². The molecule has 0 aliphatic heterocycles. The fourth-order valence-electron chi connectivity index (χ4n) is 7.23. The third-order valence-corrected chi connectivity index (χ3v) is 10.8. The summed E-state index contributed by atoms with van der Waals surface area (Å²) < 4.78 is 9.05. The van der Waals surface area contributed by atoms with Crippen molar-refractivity contribution >= 4 is 82.0 Å². The van der Waals surface area contributed by atoms with Gasteiger partial charge in [-0.1, -0.05) is 122 Å². The van der Waals surface area contributed by atoms with Gasteiger partial charge in [0.05, 0.1) is 5.69 Å². The van der Waals surface area contributed by atoms with E-state index in [1.165, 1.54) is 42.1 Å². The molecule has 0 amide bonds. The van der Waals surface area contributed by atoms with Gasteiger partial charge in [-0.2, -0.15) is 0 Å². The molecule has 0 aliphatic rings. The Morgan fingerprint density at radius 3 is 2.02 bits per heavy atom. The summed E-state index contributed by atoms with van der Waals surface area (Å²) in [6, 6.07) is 56.6. The van der Waals surface area contributed by atoms with Crippen LogP contribution in [0, 0.1) is 0 Å². The molecule has 0 saturated carbocycles. The van der Waals surface area contributed by atoms with E-state index in [2.05, 4.69) is 164 Å². The maximum Gasteiger partial charge on any atom is 0.142 e. The van der Waals surface area contributed by atoms with Crippen molar-refractivity contribution in [3.8, 4) is 11.1 Å². The second-order valence-corrected chi connectivity index (χ2v) is 13.6. The van der Waals surface area contributed by atoms with E-state index in [0.29, 0.717) is 0 Å². The lowest BCUT2D eigenvalue weighted by atomic mass is 9.98. The Balaban J connectivity index is 1.13. The summed E-state index contributed by atoms with van der Waals surface area (Å²) in [7, 11) is 0. The van der Waals surface area contributed by atoms with Gasteiger partial charge in [-0.05, 0) is 83.6 Å². The summed E-state index contributed by atoms with van der Waals surface area (Å²) >= 11 is 1.85. The van der Waals surface area contributed by atoms with Gasteiger partial charge in [0.25, 0.3) is 0 Å². The maximum atomic E-state index is 6.40. The number of benzene rings is 7. The van der Waals surface area contributed by atoms with Crippen molar-refractivity contribution in [2.24, 2.45) is 0 Å². The predicted octanol–water partition coefficient (Wildman–Crippen LogP) is 14.2. The summed E-state index contributed by atoms with van der Waals surface area (Å²) in [4.78, 5) is 2.36. The van der Waals surface area contributed by atoms with Gasteiger partial charge in [-0.15, -0.1) is 11.3 Å². The van der Waals surface area contributed by atoms with E-state index in [1.807, 2.05) is 35.6 Å². The number of thiophene rings is 1. The highest BCUT2D eigenvalue weighted by Gasteiger charge is 2.19. The highest BCUT2D eigenvalue weighted by Crippen LogP contribution is 2.42. The maximum absolute atomic E-state index is 6.40. The molecule has 0 atom stereocenters. The Hall–Kier alpha value is -6.16. The van der Waals surface area contributed by atoms with Gasteiger partial charge < -0.3 is 9.32 Å². The Kier molecular flexibility index (Phi) is 7.41. The molecule has 238 valence electrons. The quantitative estimate of drug-likeness (QED) is 0.169. The SMILES string of the molecule is C=Cc1c(/C(=C\C)c2ccc(N(c3ccc(-c4ccc5sc6ccccc6c5c4)cc3)c3cccc4ccccc34)cc2)oc2ccccc12. The van der Waals surface area contributed by atoms with Crippen LogP contribution in [0.2, 0.25) is 0 Å². The van der Waals surface area contributed by atoms with Gasteiger partial charge >= 0.3 is 0 Å². The smallest absolute Gasteiger partial charge is 0.142 e. The van der Waals surface area contributed by atoms with E-state index in [-0.39, 0.29) is 0 Å². The molecule has 0 spiro atoms. The van der Waals surface area contributed by atoms with Crippen molar-refractivity contribution < 1.29 is 4.42 Å². The summed E-state index contributed by atoms with van der Waals surface area (Å²) in [6.45, 7) is 6.17. The first-order valence-electron chi connectivity index (χ1n) is 16.9. The number of rotatable bonds is 7. The molecule has 0 unspecified atom stereocenters. The lowest BCUT2D eigenvalue weighted by Crippen LogP contribution is -2.10. The molecule has 0 fully saturated rings. The fraction of sp³-hybridized carbons (Fsp3) is 0.0213. The van der Waals surface area contributed by atoms with Crippen LogP contribution in [0.25, 0.3) is 64.7 Å². The molecule has 7 aromatic carbocycles. The third-order valence-electron chi connectivity index (χ3n) is 9.65. The Morgan fingerprint density at radius 2 is 1.24 bits per heavy atom. The van der Waals surface area contributed by atoms with Crippen molar-refractivity contribution in [2.75, 3.05) is 4.90 Å². The molecule has 2 aromatic heterocycles. The zero-order valence-corrected chi connectivity index (χ0v) is 28.5. The van der Waals surface area contributed by atoms with Crippen LogP contribution in [-0.4, -0.2) is 0 Å². The summed E-state index contributed by atoms with van der Waals surface area (Å²) in [5, 5.41) is 6.11. The average Bonchev–Trinajstić information content (AvgIpc) is 3.74. The molecule has 0 radical (unpaired) electrons.